The number of aliphatic hydroxyl groups is 1. The van der Waals surface area contributed by atoms with Gasteiger partial charge < -0.3 is 9.63 Å². The molecule has 3 aromatic rings. The van der Waals surface area contributed by atoms with E-state index in [-0.39, 0.29) is 17.9 Å². The predicted molar refractivity (Wildman–Crippen MR) is 81.0 cm³/mol. The third-order valence-electron chi connectivity index (χ3n) is 3.17. The van der Waals surface area contributed by atoms with Crippen LogP contribution in [0.3, 0.4) is 0 Å². The average molecular weight is 348 g/mol. The van der Waals surface area contributed by atoms with Crippen molar-refractivity contribution in [3.8, 4) is 22.6 Å². The molecule has 0 spiro atoms. The van der Waals surface area contributed by atoms with Crippen LogP contribution < -0.4 is 0 Å². The smallest absolute Gasteiger partial charge is 0.175 e. The molecule has 0 atom stereocenters. The number of nitrogens with zero attached hydrogens (tertiary/aromatic N) is 1. The second-order valence-corrected chi connectivity index (χ2v) is 5.40. The van der Waals surface area contributed by atoms with Crippen molar-refractivity contribution in [2.75, 3.05) is 0 Å². The van der Waals surface area contributed by atoms with E-state index in [0.29, 0.717) is 15.7 Å². The average Bonchev–Trinajstić information content (AvgIpc) is 2.91. The quantitative estimate of drug-likeness (QED) is 0.763. The highest BCUT2D eigenvalue weighted by Gasteiger charge is 2.20. The van der Waals surface area contributed by atoms with E-state index in [9.17, 15) is 9.50 Å². The molecule has 0 amide bonds. The zero-order valence-electron chi connectivity index (χ0n) is 10.9. The van der Waals surface area contributed by atoms with Crippen molar-refractivity contribution in [1.82, 2.24) is 5.16 Å². The first kappa shape index (κ1) is 14.0. The summed E-state index contributed by atoms with van der Waals surface area (Å²) in [4.78, 5) is 0. The fourth-order valence-corrected chi connectivity index (χ4v) is 2.50. The first-order valence-electron chi connectivity index (χ1n) is 6.31. The molecular weight excluding hydrogens is 337 g/mol. The van der Waals surface area contributed by atoms with Gasteiger partial charge in [-0.25, -0.2) is 4.39 Å². The van der Waals surface area contributed by atoms with Gasteiger partial charge in [0.25, 0.3) is 0 Å². The highest BCUT2D eigenvalue weighted by molar-refractivity contribution is 9.10. The second-order valence-electron chi connectivity index (χ2n) is 4.49. The monoisotopic (exact) mass is 347 g/mol. The fraction of sp³-hybridized carbons (Fsp3) is 0.0625. The minimum atomic E-state index is -0.435. The molecule has 0 aliphatic carbocycles. The van der Waals surface area contributed by atoms with E-state index in [1.165, 1.54) is 6.07 Å². The molecule has 5 heteroatoms. The predicted octanol–water partition coefficient (Wildman–Crippen LogP) is 4.40. The zero-order chi connectivity index (χ0) is 14.8. The Kier molecular flexibility index (Phi) is 3.86. The van der Waals surface area contributed by atoms with Gasteiger partial charge >= 0.3 is 0 Å². The summed E-state index contributed by atoms with van der Waals surface area (Å²) in [7, 11) is 0. The van der Waals surface area contributed by atoms with Crippen LogP contribution in [0.25, 0.3) is 22.6 Å². The highest BCUT2D eigenvalue weighted by Crippen LogP contribution is 2.34. The molecule has 0 bridgehead atoms. The van der Waals surface area contributed by atoms with E-state index < -0.39 is 5.82 Å². The molecule has 0 aliphatic heterocycles. The Morgan fingerprint density at radius 1 is 1.14 bits per heavy atom. The third-order valence-corrected chi connectivity index (χ3v) is 3.66. The summed E-state index contributed by atoms with van der Waals surface area (Å²) in [5, 5.41) is 13.6. The second kappa shape index (κ2) is 5.79. The maximum absolute atomic E-state index is 14.1. The van der Waals surface area contributed by atoms with Gasteiger partial charge in [0.15, 0.2) is 5.76 Å². The van der Waals surface area contributed by atoms with Crippen LogP contribution >= 0.6 is 15.9 Å². The molecule has 0 saturated heterocycles. The lowest BCUT2D eigenvalue weighted by atomic mass is 10.0. The minimum Gasteiger partial charge on any atom is -0.391 e. The Balaban J connectivity index is 2.15. The van der Waals surface area contributed by atoms with Gasteiger partial charge in [0.2, 0.25) is 0 Å². The molecule has 0 fully saturated rings. The molecule has 0 unspecified atom stereocenters. The Morgan fingerprint density at radius 3 is 2.57 bits per heavy atom. The lowest BCUT2D eigenvalue weighted by Gasteiger charge is -2.03. The normalized spacial score (nSPS) is 10.8. The van der Waals surface area contributed by atoms with Crippen LogP contribution in [0.2, 0.25) is 0 Å². The van der Waals surface area contributed by atoms with Gasteiger partial charge in [-0.3, -0.25) is 0 Å². The van der Waals surface area contributed by atoms with E-state index >= 15 is 0 Å². The molecule has 21 heavy (non-hydrogen) atoms. The Bertz CT molecular complexity index is 771. The van der Waals surface area contributed by atoms with E-state index in [2.05, 4.69) is 21.1 Å². The van der Waals surface area contributed by atoms with Crippen molar-refractivity contribution >= 4 is 15.9 Å². The van der Waals surface area contributed by atoms with Crippen LogP contribution in [0, 0.1) is 5.82 Å². The van der Waals surface area contributed by atoms with Gasteiger partial charge in [-0.2, -0.15) is 0 Å². The van der Waals surface area contributed by atoms with E-state index in [1.54, 1.807) is 12.1 Å². The van der Waals surface area contributed by atoms with Gasteiger partial charge in [0, 0.05) is 10.0 Å². The molecule has 2 aromatic carbocycles. The van der Waals surface area contributed by atoms with Gasteiger partial charge in [-0.15, -0.1) is 0 Å². The summed E-state index contributed by atoms with van der Waals surface area (Å²) in [6.45, 7) is -0.279. The SMILES string of the molecule is OCc1c(-c2ccccc2)noc1-c1ccc(Br)cc1F. The molecule has 1 aromatic heterocycles. The zero-order valence-corrected chi connectivity index (χ0v) is 12.5. The van der Waals surface area contributed by atoms with Crippen molar-refractivity contribution in [2.24, 2.45) is 0 Å². The lowest BCUT2D eigenvalue weighted by Crippen LogP contribution is -1.91. The number of rotatable bonds is 3. The van der Waals surface area contributed by atoms with Crippen molar-refractivity contribution in [3.05, 3.63) is 64.4 Å². The van der Waals surface area contributed by atoms with Crippen LogP contribution in [-0.2, 0) is 6.61 Å². The number of aromatic nitrogens is 1. The van der Waals surface area contributed by atoms with Crippen molar-refractivity contribution in [1.29, 1.82) is 0 Å². The van der Waals surface area contributed by atoms with Crippen molar-refractivity contribution in [2.45, 2.75) is 6.61 Å². The van der Waals surface area contributed by atoms with Crippen LogP contribution in [0.15, 0.2) is 57.5 Å². The molecule has 106 valence electrons. The summed E-state index contributed by atoms with van der Waals surface area (Å²) in [6.07, 6.45) is 0. The Hall–Kier alpha value is -1.98. The van der Waals surface area contributed by atoms with Gasteiger partial charge in [-0.05, 0) is 18.2 Å². The van der Waals surface area contributed by atoms with Gasteiger partial charge in [0.1, 0.15) is 11.5 Å². The van der Waals surface area contributed by atoms with Crippen LogP contribution in [0.4, 0.5) is 4.39 Å². The third kappa shape index (κ3) is 2.62. The van der Waals surface area contributed by atoms with E-state index in [4.69, 9.17) is 4.52 Å². The minimum absolute atomic E-state index is 0.251. The maximum atomic E-state index is 14.1. The fourth-order valence-electron chi connectivity index (χ4n) is 2.16. The summed E-state index contributed by atoms with van der Waals surface area (Å²) in [6, 6.07) is 14.0. The number of halogens is 2. The summed E-state index contributed by atoms with van der Waals surface area (Å²) >= 11 is 3.21. The number of hydrogen-bond donors (Lipinski definition) is 1. The van der Waals surface area contributed by atoms with E-state index in [1.807, 2.05) is 30.3 Å². The standard InChI is InChI=1S/C16H11BrFNO2/c17-11-6-7-12(14(18)8-11)16-13(9-20)15(19-21-16)10-4-2-1-3-5-10/h1-8,20H,9H2. The lowest BCUT2D eigenvalue weighted by molar-refractivity contribution is 0.281. The Morgan fingerprint density at radius 2 is 1.90 bits per heavy atom. The van der Waals surface area contributed by atoms with E-state index in [0.717, 1.165) is 5.56 Å². The molecule has 3 nitrogen and oxygen atoms in total. The number of hydrogen-bond acceptors (Lipinski definition) is 3. The molecule has 1 heterocycles. The van der Waals surface area contributed by atoms with Gasteiger partial charge in [0.05, 0.1) is 17.7 Å². The van der Waals surface area contributed by atoms with Crippen molar-refractivity contribution < 1.29 is 14.0 Å². The first-order valence-corrected chi connectivity index (χ1v) is 7.10. The van der Waals surface area contributed by atoms with Crippen molar-refractivity contribution in [3.63, 3.8) is 0 Å². The molecule has 3 rings (SSSR count). The Labute approximate surface area is 129 Å². The van der Waals surface area contributed by atoms with Crippen LogP contribution in [0.5, 0.6) is 0 Å². The first-order chi connectivity index (χ1) is 10.2. The molecule has 0 saturated carbocycles. The summed E-state index contributed by atoms with van der Waals surface area (Å²) in [5.41, 5.74) is 2.09. The highest BCUT2D eigenvalue weighted by atomic mass is 79.9. The van der Waals surface area contributed by atoms with Gasteiger partial charge in [-0.1, -0.05) is 51.4 Å². The maximum Gasteiger partial charge on any atom is 0.175 e. The summed E-state index contributed by atoms with van der Waals surface area (Å²) < 4.78 is 20.0. The number of aliphatic hydroxyl groups excluding tert-OH is 1. The topological polar surface area (TPSA) is 46.3 Å². The molecular formula is C16H11BrFNO2. The number of benzene rings is 2. The molecule has 1 N–H and O–H groups in total. The van der Waals surface area contributed by atoms with Crippen LogP contribution in [0.1, 0.15) is 5.56 Å². The molecule has 0 aliphatic rings. The largest absolute Gasteiger partial charge is 0.391 e. The molecule has 0 radical (unpaired) electrons. The summed E-state index contributed by atoms with van der Waals surface area (Å²) in [5.74, 6) is -0.184. The van der Waals surface area contributed by atoms with Crippen LogP contribution in [-0.4, -0.2) is 10.3 Å².